The van der Waals surface area contributed by atoms with E-state index < -0.39 is 22.8 Å². The van der Waals surface area contributed by atoms with Crippen LogP contribution in [0.3, 0.4) is 0 Å². The first-order valence-corrected chi connectivity index (χ1v) is 9.43. The topological polar surface area (TPSA) is 103 Å². The first-order chi connectivity index (χ1) is 13.5. The first-order valence-electron chi connectivity index (χ1n) is 9.43. The van der Waals surface area contributed by atoms with Crippen molar-refractivity contribution in [2.24, 2.45) is 0 Å². The van der Waals surface area contributed by atoms with E-state index in [1.54, 1.807) is 19.2 Å². The molecule has 148 valence electrons. The van der Waals surface area contributed by atoms with Crippen LogP contribution in [-0.4, -0.2) is 34.3 Å². The molecule has 8 heteroatoms. The van der Waals surface area contributed by atoms with Gasteiger partial charge in [-0.15, -0.1) is 0 Å². The Morgan fingerprint density at radius 1 is 1.32 bits per heavy atom. The summed E-state index contributed by atoms with van der Waals surface area (Å²) in [6, 6.07) is 7.25. The number of nitrogens with one attached hydrogen (secondary N) is 1. The molecule has 0 atom stereocenters. The Kier molecular flexibility index (Phi) is 4.80. The number of hydrogen-bond acceptors (Lipinski definition) is 6. The highest BCUT2D eigenvalue weighted by molar-refractivity contribution is 5.94. The number of aromatic hydroxyl groups is 1. The number of aromatic nitrogens is 2. The molecule has 2 N–H and O–H groups in total. The fourth-order valence-electron chi connectivity index (χ4n) is 3.98. The molecule has 1 fully saturated rings. The molecule has 1 saturated carbocycles. The minimum absolute atomic E-state index is 0.240. The van der Waals surface area contributed by atoms with Crippen LogP contribution in [0.1, 0.15) is 47.6 Å². The molecule has 28 heavy (non-hydrogen) atoms. The van der Waals surface area contributed by atoms with Gasteiger partial charge in [0.25, 0.3) is 11.5 Å². The van der Waals surface area contributed by atoms with Crippen molar-refractivity contribution in [2.75, 3.05) is 13.7 Å². The zero-order valence-corrected chi connectivity index (χ0v) is 15.7. The minimum Gasteiger partial charge on any atom is -0.501 e. The zero-order valence-electron chi connectivity index (χ0n) is 15.7. The molecule has 2 aliphatic rings. The second kappa shape index (κ2) is 7.27. The number of hydrogen-bond donors (Lipinski definition) is 2. The summed E-state index contributed by atoms with van der Waals surface area (Å²) in [6.45, 7) is 0.964. The van der Waals surface area contributed by atoms with Crippen LogP contribution < -0.4 is 15.6 Å². The lowest BCUT2D eigenvalue weighted by Gasteiger charge is -2.35. The quantitative estimate of drug-likeness (QED) is 0.830. The Labute approximate surface area is 162 Å². The highest BCUT2D eigenvalue weighted by Gasteiger charge is 2.44. The third-order valence-electron chi connectivity index (χ3n) is 5.48. The first kappa shape index (κ1) is 18.5. The van der Waals surface area contributed by atoms with E-state index in [2.05, 4.69) is 10.3 Å². The van der Waals surface area contributed by atoms with Gasteiger partial charge in [0.1, 0.15) is 17.2 Å². The fourth-order valence-corrected chi connectivity index (χ4v) is 3.98. The van der Waals surface area contributed by atoms with Crippen LogP contribution in [0.2, 0.25) is 0 Å². The van der Waals surface area contributed by atoms with Gasteiger partial charge in [-0.1, -0.05) is 12.1 Å². The monoisotopic (exact) mass is 385 g/mol. The number of nitrogens with zero attached hydrogens (tertiary/aromatic N) is 2. The maximum atomic E-state index is 12.7. The number of benzene rings is 1. The van der Waals surface area contributed by atoms with Crippen molar-refractivity contribution in [1.29, 1.82) is 0 Å². The van der Waals surface area contributed by atoms with E-state index in [4.69, 9.17) is 9.47 Å². The molecule has 4 rings (SSSR count). The molecule has 2 heterocycles. The summed E-state index contributed by atoms with van der Waals surface area (Å²) < 4.78 is 12.5. The Morgan fingerprint density at radius 3 is 2.71 bits per heavy atom. The van der Waals surface area contributed by atoms with Crippen LogP contribution in [0.4, 0.5) is 0 Å². The van der Waals surface area contributed by atoms with Crippen molar-refractivity contribution in [3.63, 3.8) is 0 Å². The molecule has 8 nitrogen and oxygen atoms in total. The van der Waals surface area contributed by atoms with E-state index in [1.165, 1.54) is 4.57 Å². The average Bonchev–Trinajstić information content (AvgIpc) is 3.18. The highest BCUT2D eigenvalue weighted by Crippen LogP contribution is 2.42. The number of ether oxygens (including phenoxy) is 2. The Morgan fingerprint density at radius 2 is 2.04 bits per heavy atom. The Balaban J connectivity index is 1.61. The van der Waals surface area contributed by atoms with Gasteiger partial charge in [0.15, 0.2) is 5.69 Å². The van der Waals surface area contributed by atoms with Gasteiger partial charge in [0.2, 0.25) is 5.75 Å². The molecular formula is C20H23N3O5. The van der Waals surface area contributed by atoms with E-state index in [-0.39, 0.29) is 12.2 Å². The molecule has 0 unspecified atom stereocenters. The van der Waals surface area contributed by atoms with Gasteiger partial charge >= 0.3 is 0 Å². The number of methoxy groups -OCH3 is 1. The van der Waals surface area contributed by atoms with Crippen LogP contribution in [0.15, 0.2) is 29.1 Å². The van der Waals surface area contributed by atoms with Crippen LogP contribution in [0.25, 0.3) is 0 Å². The molecule has 2 aromatic rings. The molecule has 1 aromatic carbocycles. The average molecular weight is 385 g/mol. The van der Waals surface area contributed by atoms with Crippen molar-refractivity contribution >= 4 is 5.91 Å². The largest absolute Gasteiger partial charge is 0.501 e. The number of carbonyl (C=O) groups is 1. The van der Waals surface area contributed by atoms with Crippen LogP contribution in [0, 0.1) is 0 Å². The van der Waals surface area contributed by atoms with Gasteiger partial charge in [-0.05, 0) is 43.4 Å². The van der Waals surface area contributed by atoms with Gasteiger partial charge in [-0.3, -0.25) is 14.2 Å². The molecule has 0 saturated heterocycles. The number of carbonyl (C=O) groups excluding carboxylic acids is 1. The molecule has 1 aliphatic heterocycles. The van der Waals surface area contributed by atoms with Crippen molar-refractivity contribution < 1.29 is 19.4 Å². The second-order valence-electron chi connectivity index (χ2n) is 7.17. The minimum atomic E-state index is -0.629. The molecular weight excluding hydrogens is 362 g/mol. The van der Waals surface area contributed by atoms with Crippen molar-refractivity contribution in [3.8, 4) is 11.5 Å². The van der Waals surface area contributed by atoms with Crippen LogP contribution in [-0.2, 0) is 23.4 Å². The Hall–Kier alpha value is -2.87. The summed E-state index contributed by atoms with van der Waals surface area (Å²) in [4.78, 5) is 29.7. The van der Waals surface area contributed by atoms with Crippen molar-refractivity contribution in [2.45, 2.75) is 44.4 Å². The summed E-state index contributed by atoms with van der Waals surface area (Å²) in [5.74, 6) is -0.0360. The third-order valence-corrected chi connectivity index (χ3v) is 5.48. The van der Waals surface area contributed by atoms with E-state index >= 15 is 0 Å². The summed E-state index contributed by atoms with van der Waals surface area (Å²) in [5.41, 5.74) is -0.606. The second-order valence-corrected chi connectivity index (χ2v) is 7.17. The van der Waals surface area contributed by atoms with Gasteiger partial charge in [0, 0.05) is 6.54 Å². The fraction of sp³-hybridized carbons (Fsp3) is 0.450. The molecule has 0 bridgehead atoms. The predicted molar refractivity (Wildman–Crippen MR) is 100 cm³/mol. The number of amides is 1. The lowest BCUT2D eigenvalue weighted by atomic mass is 9.99. The maximum absolute atomic E-state index is 12.7. The maximum Gasteiger partial charge on any atom is 0.296 e. The van der Waals surface area contributed by atoms with Crippen molar-refractivity contribution in [1.82, 2.24) is 14.9 Å². The molecule has 0 radical (unpaired) electrons. The molecule has 1 amide bonds. The smallest absolute Gasteiger partial charge is 0.296 e. The summed E-state index contributed by atoms with van der Waals surface area (Å²) in [5, 5.41) is 13.0. The van der Waals surface area contributed by atoms with Gasteiger partial charge in [-0.2, -0.15) is 0 Å². The SMILES string of the molecule is COc1ccc(CNC(=O)c2nc3n(c(=O)c2O)CCOC32CCCC2)cc1. The lowest BCUT2D eigenvalue weighted by Crippen LogP contribution is -2.44. The molecule has 1 aromatic heterocycles. The highest BCUT2D eigenvalue weighted by atomic mass is 16.5. The summed E-state index contributed by atoms with van der Waals surface area (Å²) >= 11 is 0. The van der Waals surface area contributed by atoms with Crippen LogP contribution >= 0.6 is 0 Å². The van der Waals surface area contributed by atoms with Gasteiger partial charge in [0.05, 0.1) is 20.3 Å². The van der Waals surface area contributed by atoms with E-state index in [9.17, 15) is 14.7 Å². The Bertz CT molecular complexity index is 946. The molecule has 1 aliphatic carbocycles. The molecule has 1 spiro atoms. The summed E-state index contributed by atoms with van der Waals surface area (Å²) in [7, 11) is 1.58. The predicted octanol–water partition coefficient (Wildman–Crippen LogP) is 1.69. The summed E-state index contributed by atoms with van der Waals surface area (Å²) in [6.07, 6.45) is 3.49. The number of fused-ring (bicyclic) bond motifs is 2. The normalized spacial score (nSPS) is 17.3. The van der Waals surface area contributed by atoms with Gasteiger partial charge in [-0.25, -0.2) is 4.98 Å². The van der Waals surface area contributed by atoms with E-state index in [0.29, 0.717) is 19.0 Å². The van der Waals surface area contributed by atoms with Gasteiger partial charge < -0.3 is 19.9 Å². The number of rotatable bonds is 4. The third kappa shape index (κ3) is 3.13. The standard InChI is InChI=1S/C20H23N3O5/c1-27-14-6-4-13(5-7-14)12-21-17(25)15-16(24)18(26)23-10-11-28-20(19(23)22-15)8-2-3-9-20/h4-7,24H,2-3,8-12H2,1H3,(H,21,25). The van der Waals surface area contributed by atoms with Crippen LogP contribution in [0.5, 0.6) is 11.5 Å². The van der Waals surface area contributed by atoms with Crippen molar-refractivity contribution in [3.05, 3.63) is 51.7 Å². The zero-order chi connectivity index (χ0) is 19.7. The lowest BCUT2D eigenvalue weighted by molar-refractivity contribution is -0.0789. The van der Waals surface area contributed by atoms with E-state index in [0.717, 1.165) is 37.0 Å². The van der Waals surface area contributed by atoms with E-state index in [1.807, 2.05) is 12.1 Å².